The van der Waals surface area contributed by atoms with Gasteiger partial charge in [0.15, 0.2) is 0 Å². The summed E-state index contributed by atoms with van der Waals surface area (Å²) in [6.45, 7) is 7.07. The molecule has 74 valence electrons. The Bertz CT molecular complexity index is 88.5. The number of hydrogen-bond acceptors (Lipinski definition) is 3. The van der Waals surface area contributed by atoms with Crippen LogP contribution in [0, 0.1) is 0 Å². The lowest BCUT2D eigenvalue weighted by atomic mass is 10.3. The van der Waals surface area contributed by atoms with E-state index in [1.54, 1.807) is 0 Å². The van der Waals surface area contributed by atoms with E-state index in [1.807, 2.05) is 27.9 Å². The molecule has 3 nitrogen and oxygen atoms in total. The molecular weight excluding hydrogens is 154 g/mol. The largest absolute Gasteiger partial charge is 0.380 e. The van der Waals surface area contributed by atoms with Crippen LogP contribution in [0.3, 0.4) is 0 Å². The molecule has 3 heteroatoms. The summed E-state index contributed by atoms with van der Waals surface area (Å²) in [6.07, 6.45) is 0. The Balaban J connectivity index is 3.55. The molecule has 0 aromatic heterocycles. The fourth-order valence-corrected chi connectivity index (χ4v) is 0.854. The van der Waals surface area contributed by atoms with Crippen molar-refractivity contribution in [3.63, 3.8) is 0 Å². The van der Waals surface area contributed by atoms with Gasteiger partial charge < -0.3 is 14.4 Å². The predicted octanol–water partition coefficient (Wildman–Crippen LogP) is 0.990. The Morgan fingerprint density at radius 2 is 1.42 bits per heavy atom. The van der Waals surface area contributed by atoms with Crippen molar-refractivity contribution in [1.82, 2.24) is 4.90 Å². The fraction of sp³-hybridized carbons (Fsp3) is 1.00. The Labute approximate surface area is 75.6 Å². The topological polar surface area (TPSA) is 21.7 Å². The number of rotatable bonds is 7. The van der Waals surface area contributed by atoms with Gasteiger partial charge in [-0.3, -0.25) is 0 Å². The summed E-state index contributed by atoms with van der Waals surface area (Å²) in [4.78, 5) is 2.13. The number of nitrogens with zero attached hydrogens (tertiary/aromatic N) is 1. The molecule has 0 bridgehead atoms. The van der Waals surface area contributed by atoms with Gasteiger partial charge in [0.05, 0.1) is 19.3 Å². The molecule has 0 aromatic rings. The molecule has 0 atom stereocenters. The van der Waals surface area contributed by atoms with E-state index in [4.69, 9.17) is 9.47 Å². The van der Waals surface area contributed by atoms with E-state index >= 15 is 0 Å². The van der Waals surface area contributed by atoms with Gasteiger partial charge in [-0.15, -0.1) is 0 Å². The number of likely N-dealkylation sites (N-methyl/N-ethyl adjacent to an activating group) is 1. The maximum atomic E-state index is 5.33. The molecule has 0 rings (SSSR count). The van der Waals surface area contributed by atoms with Crippen LogP contribution in [-0.2, 0) is 9.47 Å². The monoisotopic (exact) mass is 175 g/mol. The highest BCUT2D eigenvalue weighted by molar-refractivity contribution is 4.63. The Morgan fingerprint density at radius 1 is 1.00 bits per heavy atom. The van der Waals surface area contributed by atoms with Crippen LogP contribution in [0.1, 0.15) is 13.8 Å². The van der Waals surface area contributed by atoms with Crippen LogP contribution >= 0.6 is 0 Å². The van der Waals surface area contributed by atoms with Gasteiger partial charge in [-0.25, -0.2) is 0 Å². The fourth-order valence-electron chi connectivity index (χ4n) is 0.854. The van der Waals surface area contributed by atoms with Crippen LogP contribution in [0.25, 0.3) is 0 Å². The third-order valence-electron chi connectivity index (χ3n) is 1.76. The average molecular weight is 175 g/mol. The van der Waals surface area contributed by atoms with E-state index in [9.17, 15) is 0 Å². The zero-order valence-corrected chi connectivity index (χ0v) is 8.67. The highest BCUT2D eigenvalue weighted by Crippen LogP contribution is 1.95. The van der Waals surface area contributed by atoms with Gasteiger partial charge in [0, 0.05) is 13.2 Å². The summed E-state index contributed by atoms with van der Waals surface area (Å²) in [7, 11) is 4.09. The maximum Gasteiger partial charge on any atom is 0.0643 e. The zero-order valence-electron chi connectivity index (χ0n) is 8.67. The third-order valence-corrected chi connectivity index (χ3v) is 1.76. The van der Waals surface area contributed by atoms with E-state index in [1.165, 1.54) is 0 Å². The molecule has 0 aromatic carbocycles. The first-order valence-electron chi connectivity index (χ1n) is 4.54. The molecule has 0 saturated heterocycles. The Morgan fingerprint density at radius 3 is 1.67 bits per heavy atom. The summed E-state index contributed by atoms with van der Waals surface area (Å²) in [5.41, 5.74) is 0. The average Bonchev–Trinajstić information content (AvgIpc) is 2.04. The van der Waals surface area contributed by atoms with Gasteiger partial charge in [-0.05, 0) is 27.9 Å². The molecule has 0 saturated carbocycles. The van der Waals surface area contributed by atoms with Crippen molar-refractivity contribution in [3.8, 4) is 0 Å². The van der Waals surface area contributed by atoms with E-state index in [0.29, 0.717) is 6.04 Å². The van der Waals surface area contributed by atoms with Gasteiger partial charge in [0.2, 0.25) is 0 Å². The van der Waals surface area contributed by atoms with Crippen molar-refractivity contribution in [3.05, 3.63) is 0 Å². The molecule has 0 amide bonds. The molecule has 0 spiro atoms. The molecule has 0 unspecified atom stereocenters. The summed E-state index contributed by atoms with van der Waals surface area (Å²) >= 11 is 0. The van der Waals surface area contributed by atoms with Crippen molar-refractivity contribution in [2.75, 3.05) is 40.5 Å². The first kappa shape index (κ1) is 11.9. The minimum Gasteiger partial charge on any atom is -0.380 e. The third kappa shape index (κ3) is 5.52. The van der Waals surface area contributed by atoms with E-state index in [-0.39, 0.29) is 0 Å². The van der Waals surface area contributed by atoms with Crippen LogP contribution in [0.5, 0.6) is 0 Å². The molecular formula is C9H21NO2. The van der Waals surface area contributed by atoms with Gasteiger partial charge >= 0.3 is 0 Å². The summed E-state index contributed by atoms with van der Waals surface area (Å²) in [6, 6.07) is 0.380. The molecule has 0 radical (unpaired) electrons. The zero-order chi connectivity index (χ0) is 9.40. The predicted molar refractivity (Wildman–Crippen MR) is 50.5 cm³/mol. The Hall–Kier alpha value is -0.120. The first-order valence-corrected chi connectivity index (χ1v) is 4.54. The minimum absolute atomic E-state index is 0.380. The smallest absolute Gasteiger partial charge is 0.0643 e. The lowest BCUT2D eigenvalue weighted by Crippen LogP contribution is -2.36. The second kappa shape index (κ2) is 7.53. The summed E-state index contributed by atoms with van der Waals surface area (Å²) < 4.78 is 10.7. The van der Waals surface area contributed by atoms with Crippen LogP contribution in [0.15, 0.2) is 0 Å². The standard InChI is InChI=1S/C9H21NO2/c1-5-11-7-9(10(3)4)8-12-6-2/h9H,5-8H2,1-4H3. The Kier molecular flexibility index (Phi) is 7.45. The van der Waals surface area contributed by atoms with Crippen molar-refractivity contribution >= 4 is 0 Å². The van der Waals surface area contributed by atoms with Crippen LogP contribution in [0.4, 0.5) is 0 Å². The second-order valence-electron chi connectivity index (χ2n) is 2.94. The van der Waals surface area contributed by atoms with Gasteiger partial charge in [-0.1, -0.05) is 0 Å². The maximum absolute atomic E-state index is 5.33. The molecule has 0 fully saturated rings. The van der Waals surface area contributed by atoms with Crippen molar-refractivity contribution in [1.29, 1.82) is 0 Å². The van der Waals surface area contributed by atoms with Crippen molar-refractivity contribution < 1.29 is 9.47 Å². The quantitative estimate of drug-likeness (QED) is 0.576. The van der Waals surface area contributed by atoms with Gasteiger partial charge in [-0.2, -0.15) is 0 Å². The highest BCUT2D eigenvalue weighted by atomic mass is 16.5. The summed E-state index contributed by atoms with van der Waals surface area (Å²) in [5, 5.41) is 0. The SMILES string of the molecule is CCOCC(COCC)N(C)C. The van der Waals surface area contributed by atoms with Crippen LogP contribution in [-0.4, -0.2) is 51.5 Å². The van der Waals surface area contributed by atoms with E-state index in [2.05, 4.69) is 4.90 Å². The molecule has 12 heavy (non-hydrogen) atoms. The van der Waals surface area contributed by atoms with Gasteiger partial charge in [0.1, 0.15) is 0 Å². The van der Waals surface area contributed by atoms with E-state index in [0.717, 1.165) is 26.4 Å². The van der Waals surface area contributed by atoms with Crippen molar-refractivity contribution in [2.45, 2.75) is 19.9 Å². The first-order chi connectivity index (χ1) is 5.72. The van der Waals surface area contributed by atoms with E-state index < -0.39 is 0 Å². The molecule has 0 aliphatic carbocycles. The highest BCUT2D eigenvalue weighted by Gasteiger charge is 2.10. The minimum atomic E-state index is 0.380. The molecule has 0 aliphatic rings. The molecule has 0 aliphatic heterocycles. The summed E-state index contributed by atoms with van der Waals surface area (Å²) in [5.74, 6) is 0. The molecule has 0 N–H and O–H groups in total. The molecule has 0 heterocycles. The lowest BCUT2D eigenvalue weighted by Gasteiger charge is -2.23. The normalized spacial score (nSPS) is 11.5. The number of ether oxygens (including phenoxy) is 2. The van der Waals surface area contributed by atoms with Crippen molar-refractivity contribution in [2.24, 2.45) is 0 Å². The second-order valence-corrected chi connectivity index (χ2v) is 2.94. The lowest BCUT2D eigenvalue weighted by molar-refractivity contribution is 0.0291. The number of hydrogen-bond donors (Lipinski definition) is 0. The van der Waals surface area contributed by atoms with Crippen LogP contribution in [0.2, 0.25) is 0 Å². The van der Waals surface area contributed by atoms with Crippen LogP contribution < -0.4 is 0 Å². The van der Waals surface area contributed by atoms with Gasteiger partial charge in [0.25, 0.3) is 0 Å².